The summed E-state index contributed by atoms with van der Waals surface area (Å²) in [5.41, 5.74) is 0. The van der Waals surface area contributed by atoms with E-state index in [-0.39, 0.29) is 0 Å². The van der Waals surface area contributed by atoms with Crippen LogP contribution in [0.5, 0.6) is 0 Å². The zero-order valence-corrected chi connectivity index (χ0v) is 12.1. The Balaban J connectivity index is 0.000000555. The molecule has 106 valence electrons. The highest BCUT2D eigenvalue weighted by atomic mass is 15.3. The van der Waals surface area contributed by atoms with E-state index in [1.807, 2.05) is 0 Å². The van der Waals surface area contributed by atoms with Crippen LogP contribution in [0.25, 0.3) is 0 Å². The van der Waals surface area contributed by atoms with E-state index in [1.54, 1.807) is 5.32 Å². The maximum atomic E-state index is 7.48. The topological polar surface area (TPSA) is 66.1 Å². The van der Waals surface area contributed by atoms with Gasteiger partial charge < -0.3 is 9.80 Å². The standard InChI is InChI=1S/C12H24N2.C2HN3/c1-3-4-5-6-7-8-9-14-11-10-13(2)12-14;3-1-5-2-4/h10-11H,3-9,12H2,1-2H3;5H. The lowest BCUT2D eigenvalue weighted by Crippen LogP contribution is -2.23. The van der Waals surface area contributed by atoms with E-state index in [4.69, 9.17) is 10.5 Å². The largest absolute Gasteiger partial charge is 0.362 e. The molecule has 0 aromatic carbocycles. The molecule has 0 fully saturated rings. The zero-order valence-electron chi connectivity index (χ0n) is 12.1. The van der Waals surface area contributed by atoms with Crippen molar-refractivity contribution in [1.29, 1.82) is 10.5 Å². The predicted octanol–water partition coefficient (Wildman–Crippen LogP) is 2.56. The van der Waals surface area contributed by atoms with Crippen molar-refractivity contribution in [3.05, 3.63) is 12.4 Å². The highest BCUT2D eigenvalue weighted by Crippen LogP contribution is 2.08. The van der Waals surface area contributed by atoms with E-state index in [0.717, 1.165) is 6.67 Å². The molecule has 0 radical (unpaired) electrons. The minimum atomic E-state index is 1.08. The number of unbranched alkanes of at least 4 members (excludes halogenated alkanes) is 5. The molecule has 5 nitrogen and oxygen atoms in total. The Labute approximate surface area is 117 Å². The van der Waals surface area contributed by atoms with Crippen molar-refractivity contribution in [1.82, 2.24) is 15.1 Å². The summed E-state index contributed by atoms with van der Waals surface area (Å²) in [5, 5.41) is 16.7. The molecule has 0 unspecified atom stereocenters. The number of hydrogen-bond donors (Lipinski definition) is 1. The number of hydrogen-bond acceptors (Lipinski definition) is 5. The molecule has 1 N–H and O–H groups in total. The summed E-state index contributed by atoms with van der Waals surface area (Å²) in [6.45, 7) is 4.58. The summed E-state index contributed by atoms with van der Waals surface area (Å²) >= 11 is 0. The predicted molar refractivity (Wildman–Crippen MR) is 76.2 cm³/mol. The van der Waals surface area contributed by atoms with Crippen LogP contribution in [0.2, 0.25) is 0 Å². The van der Waals surface area contributed by atoms with Gasteiger partial charge in [0.25, 0.3) is 0 Å². The Kier molecular flexibility index (Phi) is 11.3. The van der Waals surface area contributed by atoms with Crippen LogP contribution in [0.4, 0.5) is 0 Å². The molecule has 0 aromatic rings. The summed E-state index contributed by atoms with van der Waals surface area (Å²) in [6, 6.07) is 0. The van der Waals surface area contributed by atoms with Crippen LogP contribution < -0.4 is 5.32 Å². The Morgan fingerprint density at radius 3 is 2.16 bits per heavy atom. The third-order valence-electron chi connectivity index (χ3n) is 2.85. The number of nitriles is 2. The summed E-state index contributed by atoms with van der Waals surface area (Å²) < 4.78 is 0. The Morgan fingerprint density at radius 1 is 1.05 bits per heavy atom. The van der Waals surface area contributed by atoms with Gasteiger partial charge in [-0.1, -0.05) is 39.0 Å². The normalized spacial score (nSPS) is 12.4. The van der Waals surface area contributed by atoms with Gasteiger partial charge in [-0.3, -0.25) is 0 Å². The van der Waals surface area contributed by atoms with Crippen molar-refractivity contribution in [2.24, 2.45) is 0 Å². The maximum absolute atomic E-state index is 7.48. The first-order valence-corrected chi connectivity index (χ1v) is 6.90. The fraction of sp³-hybridized carbons (Fsp3) is 0.714. The SMILES string of the molecule is CCCCCCCCN1C=CN(C)C1.N#CNC#N. The second-order valence-corrected chi connectivity index (χ2v) is 4.63. The molecule has 19 heavy (non-hydrogen) atoms. The van der Waals surface area contributed by atoms with Crippen LogP contribution in [-0.4, -0.2) is 30.1 Å². The van der Waals surface area contributed by atoms with Gasteiger partial charge in [0.15, 0.2) is 12.4 Å². The molecule has 0 spiro atoms. The van der Waals surface area contributed by atoms with Gasteiger partial charge in [-0.15, -0.1) is 0 Å². The maximum Gasteiger partial charge on any atom is 0.190 e. The first kappa shape index (κ1) is 17.1. The Morgan fingerprint density at radius 2 is 1.68 bits per heavy atom. The summed E-state index contributed by atoms with van der Waals surface area (Å²) in [4.78, 5) is 4.61. The minimum Gasteiger partial charge on any atom is -0.362 e. The number of nitrogens with zero attached hydrogens (tertiary/aromatic N) is 4. The molecule has 1 rings (SSSR count). The molecule has 0 amide bonds. The van der Waals surface area contributed by atoms with Gasteiger partial charge in [0.1, 0.15) is 0 Å². The van der Waals surface area contributed by atoms with Crippen molar-refractivity contribution in [2.75, 3.05) is 20.3 Å². The molecule has 0 saturated carbocycles. The Hall–Kier alpha value is -1.88. The fourth-order valence-corrected chi connectivity index (χ4v) is 1.85. The monoisotopic (exact) mass is 263 g/mol. The molecule has 5 heteroatoms. The summed E-state index contributed by atoms with van der Waals surface area (Å²) in [7, 11) is 2.12. The number of nitrogens with one attached hydrogen (secondary N) is 1. The van der Waals surface area contributed by atoms with Crippen molar-refractivity contribution >= 4 is 0 Å². The van der Waals surface area contributed by atoms with E-state index >= 15 is 0 Å². The first-order chi connectivity index (χ1) is 9.24. The lowest BCUT2D eigenvalue weighted by atomic mass is 10.1. The smallest absolute Gasteiger partial charge is 0.190 e. The Bertz CT molecular complexity index is 301. The van der Waals surface area contributed by atoms with Crippen LogP contribution in [0, 0.1) is 22.9 Å². The lowest BCUT2D eigenvalue weighted by molar-refractivity contribution is 0.290. The van der Waals surface area contributed by atoms with E-state index in [2.05, 4.69) is 36.2 Å². The van der Waals surface area contributed by atoms with Gasteiger partial charge in [0.05, 0.1) is 6.67 Å². The lowest BCUT2D eigenvalue weighted by Gasteiger charge is -2.17. The summed E-state index contributed by atoms with van der Waals surface area (Å²) in [6.07, 6.45) is 15.5. The average molecular weight is 263 g/mol. The highest BCUT2D eigenvalue weighted by Gasteiger charge is 2.06. The first-order valence-electron chi connectivity index (χ1n) is 6.90. The van der Waals surface area contributed by atoms with E-state index in [9.17, 15) is 0 Å². The van der Waals surface area contributed by atoms with Crippen LogP contribution in [-0.2, 0) is 0 Å². The van der Waals surface area contributed by atoms with Gasteiger partial charge in [-0.2, -0.15) is 10.5 Å². The van der Waals surface area contributed by atoms with Crippen molar-refractivity contribution < 1.29 is 0 Å². The molecular formula is C14H25N5. The second-order valence-electron chi connectivity index (χ2n) is 4.63. The van der Waals surface area contributed by atoms with E-state index in [1.165, 1.54) is 57.5 Å². The van der Waals surface area contributed by atoms with Gasteiger partial charge in [0, 0.05) is 26.0 Å². The van der Waals surface area contributed by atoms with Crippen LogP contribution in [0.15, 0.2) is 12.4 Å². The van der Waals surface area contributed by atoms with E-state index in [0.29, 0.717) is 0 Å². The van der Waals surface area contributed by atoms with Crippen molar-refractivity contribution in [3.8, 4) is 12.4 Å². The highest BCUT2D eigenvalue weighted by molar-refractivity contribution is 4.88. The molecule has 0 aromatic heterocycles. The zero-order chi connectivity index (χ0) is 14.3. The van der Waals surface area contributed by atoms with Gasteiger partial charge >= 0.3 is 0 Å². The van der Waals surface area contributed by atoms with Crippen LogP contribution >= 0.6 is 0 Å². The third-order valence-corrected chi connectivity index (χ3v) is 2.85. The molecule has 0 saturated heterocycles. The van der Waals surface area contributed by atoms with Gasteiger partial charge in [-0.25, -0.2) is 5.32 Å². The van der Waals surface area contributed by atoms with Gasteiger partial charge in [0.2, 0.25) is 0 Å². The fourth-order valence-electron chi connectivity index (χ4n) is 1.85. The third kappa shape index (κ3) is 11.0. The average Bonchev–Trinajstić information content (AvgIpc) is 2.81. The number of rotatable bonds is 7. The molecule has 1 aliphatic heterocycles. The quantitative estimate of drug-likeness (QED) is 0.434. The second kappa shape index (κ2) is 12.6. The van der Waals surface area contributed by atoms with Crippen LogP contribution in [0.3, 0.4) is 0 Å². The molecule has 0 bridgehead atoms. The molecular weight excluding hydrogens is 238 g/mol. The van der Waals surface area contributed by atoms with Crippen LogP contribution in [0.1, 0.15) is 45.4 Å². The molecule has 0 atom stereocenters. The van der Waals surface area contributed by atoms with Gasteiger partial charge in [-0.05, 0) is 6.42 Å². The molecule has 0 aliphatic carbocycles. The van der Waals surface area contributed by atoms with Crippen molar-refractivity contribution in [3.63, 3.8) is 0 Å². The summed E-state index contributed by atoms with van der Waals surface area (Å²) in [5.74, 6) is 0. The van der Waals surface area contributed by atoms with E-state index < -0.39 is 0 Å². The molecule has 1 heterocycles. The molecule has 1 aliphatic rings. The van der Waals surface area contributed by atoms with Crippen molar-refractivity contribution in [2.45, 2.75) is 45.4 Å². The minimum absolute atomic E-state index is 1.08.